The number of aliphatic carboxylic acids is 1. The third kappa shape index (κ3) is 2.82. The van der Waals surface area contributed by atoms with Crippen molar-refractivity contribution in [1.29, 1.82) is 0 Å². The van der Waals surface area contributed by atoms with Gasteiger partial charge in [-0.15, -0.1) is 0 Å². The second-order valence-electron chi connectivity index (χ2n) is 2.88. The lowest BCUT2D eigenvalue weighted by atomic mass is 10.2. The third-order valence-corrected chi connectivity index (χ3v) is 2.49. The van der Waals surface area contributed by atoms with Crippen molar-refractivity contribution < 1.29 is 19.1 Å². The van der Waals surface area contributed by atoms with Gasteiger partial charge in [0.15, 0.2) is 4.67 Å². The summed E-state index contributed by atoms with van der Waals surface area (Å²) in [6.07, 6.45) is 1.68. The number of hydrogen-bond donors (Lipinski definition) is 2. The molecule has 1 rings (SSSR count). The Morgan fingerprint density at radius 3 is 2.73 bits per heavy atom. The van der Waals surface area contributed by atoms with Crippen molar-refractivity contribution in [1.82, 2.24) is 5.32 Å². The number of carboxylic acids is 1. The van der Waals surface area contributed by atoms with Crippen LogP contribution in [0.25, 0.3) is 0 Å². The minimum absolute atomic E-state index is 0.287. The van der Waals surface area contributed by atoms with Gasteiger partial charge in [0.25, 0.3) is 5.91 Å². The van der Waals surface area contributed by atoms with E-state index in [1.54, 1.807) is 6.92 Å². The number of carbonyl (C=O) groups excluding carboxylic acids is 1. The van der Waals surface area contributed by atoms with E-state index in [1.165, 1.54) is 12.3 Å². The van der Waals surface area contributed by atoms with Crippen molar-refractivity contribution in [2.24, 2.45) is 0 Å². The van der Waals surface area contributed by atoms with Crippen molar-refractivity contribution in [2.45, 2.75) is 19.4 Å². The molecule has 2 N–H and O–H groups in total. The molecule has 6 heteroatoms. The fourth-order valence-corrected chi connectivity index (χ4v) is 1.45. The van der Waals surface area contributed by atoms with Crippen LogP contribution in [0.3, 0.4) is 0 Å². The standard InChI is InChI=1S/C9H10BrNO4/c1-2-6(9(13)14)11-8(12)5-3-4-15-7(5)10/h3-4,6H,2H2,1H3,(H,11,12)(H,13,14). The highest BCUT2D eigenvalue weighted by molar-refractivity contribution is 9.10. The van der Waals surface area contributed by atoms with Crippen LogP contribution in [-0.2, 0) is 4.79 Å². The van der Waals surface area contributed by atoms with Gasteiger partial charge < -0.3 is 14.8 Å². The van der Waals surface area contributed by atoms with Crippen LogP contribution in [0, 0.1) is 0 Å². The molecule has 1 amide bonds. The molecule has 0 saturated heterocycles. The first-order valence-corrected chi connectivity index (χ1v) is 5.12. The van der Waals surface area contributed by atoms with Gasteiger partial charge in [-0.05, 0) is 28.4 Å². The molecule has 0 saturated carbocycles. The highest BCUT2D eigenvalue weighted by atomic mass is 79.9. The van der Waals surface area contributed by atoms with Crippen LogP contribution in [0.15, 0.2) is 21.4 Å². The average molecular weight is 276 g/mol. The zero-order chi connectivity index (χ0) is 11.4. The van der Waals surface area contributed by atoms with Crippen LogP contribution in [0.5, 0.6) is 0 Å². The molecule has 0 radical (unpaired) electrons. The normalized spacial score (nSPS) is 12.1. The predicted octanol–water partition coefficient (Wildman–Crippen LogP) is 1.64. The van der Waals surface area contributed by atoms with Crippen LogP contribution in [0.4, 0.5) is 0 Å². The number of rotatable bonds is 4. The van der Waals surface area contributed by atoms with E-state index >= 15 is 0 Å². The molecule has 0 fully saturated rings. The Morgan fingerprint density at radius 1 is 1.67 bits per heavy atom. The van der Waals surface area contributed by atoms with Gasteiger partial charge in [-0.1, -0.05) is 6.92 Å². The second kappa shape index (κ2) is 4.97. The molecule has 0 aliphatic heterocycles. The topological polar surface area (TPSA) is 79.5 Å². The van der Waals surface area contributed by atoms with Gasteiger partial charge in [-0.25, -0.2) is 4.79 Å². The maximum Gasteiger partial charge on any atom is 0.326 e. The van der Waals surface area contributed by atoms with E-state index in [0.717, 1.165) is 0 Å². The fraction of sp³-hybridized carbons (Fsp3) is 0.333. The molecule has 0 bridgehead atoms. The summed E-state index contributed by atoms with van der Waals surface area (Å²) in [6, 6.07) is 0.591. The highest BCUT2D eigenvalue weighted by Crippen LogP contribution is 2.17. The molecule has 0 spiro atoms. The number of hydrogen-bond acceptors (Lipinski definition) is 3. The summed E-state index contributed by atoms with van der Waals surface area (Å²) in [6.45, 7) is 1.68. The van der Waals surface area contributed by atoms with Crippen molar-refractivity contribution in [2.75, 3.05) is 0 Å². The van der Waals surface area contributed by atoms with Gasteiger partial charge in [-0.3, -0.25) is 4.79 Å². The fourth-order valence-electron chi connectivity index (χ4n) is 1.03. The van der Waals surface area contributed by atoms with E-state index in [1.807, 2.05) is 0 Å². The number of amides is 1. The molecular weight excluding hydrogens is 266 g/mol. The van der Waals surface area contributed by atoms with E-state index < -0.39 is 17.9 Å². The molecular formula is C9H10BrNO4. The summed E-state index contributed by atoms with van der Waals surface area (Å²) in [5.41, 5.74) is 0.287. The quantitative estimate of drug-likeness (QED) is 0.876. The lowest BCUT2D eigenvalue weighted by Crippen LogP contribution is -2.40. The van der Waals surface area contributed by atoms with E-state index in [2.05, 4.69) is 21.2 Å². The van der Waals surface area contributed by atoms with Crippen LogP contribution < -0.4 is 5.32 Å². The van der Waals surface area contributed by atoms with E-state index in [4.69, 9.17) is 9.52 Å². The minimum Gasteiger partial charge on any atom is -0.480 e. The Balaban J connectivity index is 2.71. The number of carboxylic acid groups (broad SMARTS) is 1. The maximum atomic E-state index is 11.5. The molecule has 15 heavy (non-hydrogen) atoms. The Morgan fingerprint density at radius 2 is 2.33 bits per heavy atom. The molecule has 5 nitrogen and oxygen atoms in total. The lowest BCUT2D eigenvalue weighted by molar-refractivity contribution is -0.139. The first-order chi connectivity index (χ1) is 7.06. The summed E-state index contributed by atoms with van der Waals surface area (Å²) in [7, 11) is 0. The third-order valence-electron chi connectivity index (χ3n) is 1.87. The van der Waals surface area contributed by atoms with E-state index in [-0.39, 0.29) is 5.56 Å². The van der Waals surface area contributed by atoms with Crippen LogP contribution in [0.2, 0.25) is 0 Å². The second-order valence-corrected chi connectivity index (χ2v) is 3.60. The van der Waals surface area contributed by atoms with Crippen molar-refractivity contribution in [3.8, 4) is 0 Å². The molecule has 1 atom stereocenters. The Bertz CT molecular complexity index is 374. The largest absolute Gasteiger partial charge is 0.480 e. The predicted molar refractivity (Wildman–Crippen MR) is 55.6 cm³/mol. The van der Waals surface area contributed by atoms with Crippen LogP contribution in [-0.4, -0.2) is 23.0 Å². The average Bonchev–Trinajstić information content (AvgIpc) is 2.60. The van der Waals surface area contributed by atoms with Crippen molar-refractivity contribution in [3.05, 3.63) is 22.6 Å². The lowest BCUT2D eigenvalue weighted by Gasteiger charge is -2.11. The Hall–Kier alpha value is -1.30. The summed E-state index contributed by atoms with van der Waals surface area (Å²) in [5, 5.41) is 11.1. The first-order valence-electron chi connectivity index (χ1n) is 4.33. The minimum atomic E-state index is -1.05. The number of nitrogens with one attached hydrogen (secondary N) is 1. The summed E-state index contributed by atoms with van der Waals surface area (Å²) < 4.78 is 5.16. The van der Waals surface area contributed by atoms with Gasteiger partial charge in [0.1, 0.15) is 6.04 Å². The van der Waals surface area contributed by atoms with Gasteiger partial charge in [-0.2, -0.15) is 0 Å². The molecule has 82 valence electrons. The molecule has 1 unspecified atom stereocenters. The van der Waals surface area contributed by atoms with Crippen molar-refractivity contribution in [3.63, 3.8) is 0 Å². The Kier molecular flexibility index (Phi) is 3.90. The number of carbonyl (C=O) groups is 2. The van der Waals surface area contributed by atoms with Crippen molar-refractivity contribution >= 4 is 27.8 Å². The summed E-state index contributed by atoms with van der Waals surface area (Å²) in [4.78, 5) is 22.2. The maximum absolute atomic E-state index is 11.5. The van der Waals surface area contributed by atoms with Gasteiger partial charge >= 0.3 is 5.97 Å². The van der Waals surface area contributed by atoms with E-state index in [9.17, 15) is 9.59 Å². The van der Waals surface area contributed by atoms with E-state index in [0.29, 0.717) is 11.1 Å². The van der Waals surface area contributed by atoms with Crippen LogP contribution in [0.1, 0.15) is 23.7 Å². The number of halogens is 1. The van der Waals surface area contributed by atoms with Crippen LogP contribution >= 0.6 is 15.9 Å². The summed E-state index contributed by atoms with van der Waals surface area (Å²) >= 11 is 3.04. The van der Waals surface area contributed by atoms with Gasteiger partial charge in [0.2, 0.25) is 0 Å². The Labute approximate surface area is 94.6 Å². The molecule has 0 aromatic carbocycles. The number of furan rings is 1. The monoisotopic (exact) mass is 275 g/mol. The van der Waals surface area contributed by atoms with Gasteiger partial charge in [0.05, 0.1) is 11.8 Å². The molecule has 0 aliphatic rings. The zero-order valence-electron chi connectivity index (χ0n) is 7.99. The SMILES string of the molecule is CCC(NC(=O)c1ccoc1Br)C(=O)O. The highest BCUT2D eigenvalue weighted by Gasteiger charge is 2.20. The summed E-state index contributed by atoms with van der Waals surface area (Å²) in [5.74, 6) is -1.52. The van der Waals surface area contributed by atoms with Gasteiger partial charge in [0, 0.05) is 0 Å². The molecule has 0 aliphatic carbocycles. The molecule has 1 aromatic heterocycles. The first kappa shape index (κ1) is 11.8. The molecule has 1 aromatic rings. The molecule has 1 heterocycles. The zero-order valence-corrected chi connectivity index (χ0v) is 9.58. The smallest absolute Gasteiger partial charge is 0.326 e.